The van der Waals surface area contributed by atoms with E-state index in [1.165, 1.54) is 11.3 Å². The Morgan fingerprint density at radius 1 is 1.53 bits per heavy atom. The first-order valence-electron chi connectivity index (χ1n) is 5.97. The third-order valence-corrected chi connectivity index (χ3v) is 3.76. The Kier molecular flexibility index (Phi) is 5.94. The molecule has 0 fully saturated rings. The Balaban J connectivity index is 2.62. The maximum atomic E-state index is 11.5. The number of carbonyl (C=O) groups excluding carboxylic acids is 2. The zero-order valence-electron chi connectivity index (χ0n) is 11.4. The van der Waals surface area contributed by atoms with Crippen LogP contribution in [0.3, 0.4) is 0 Å². The molecule has 19 heavy (non-hydrogen) atoms. The molecule has 4 N–H and O–H groups in total. The summed E-state index contributed by atoms with van der Waals surface area (Å²) in [6.45, 7) is 3.10. The van der Waals surface area contributed by atoms with Crippen LogP contribution < -0.4 is 16.6 Å². The molecule has 1 aromatic heterocycles. The summed E-state index contributed by atoms with van der Waals surface area (Å²) in [5.41, 5.74) is 3.05. The molecule has 0 saturated carbocycles. The Morgan fingerprint density at radius 2 is 2.21 bits per heavy atom. The van der Waals surface area contributed by atoms with Crippen LogP contribution in [-0.2, 0) is 11.3 Å². The second-order valence-corrected chi connectivity index (χ2v) is 5.38. The SMILES string of the molecule is CNC(=O)C(C)CN(C)Cc1ccsc1C(=O)NN. The fourth-order valence-corrected chi connectivity index (χ4v) is 2.70. The first-order chi connectivity index (χ1) is 8.99. The lowest BCUT2D eigenvalue weighted by Crippen LogP contribution is -2.34. The van der Waals surface area contributed by atoms with Crippen molar-refractivity contribution in [2.24, 2.45) is 11.8 Å². The van der Waals surface area contributed by atoms with Crippen molar-refractivity contribution in [3.8, 4) is 0 Å². The number of nitrogens with two attached hydrogens (primary N) is 1. The number of nitrogens with one attached hydrogen (secondary N) is 2. The van der Waals surface area contributed by atoms with Crippen LogP contribution in [0.2, 0.25) is 0 Å². The maximum Gasteiger partial charge on any atom is 0.275 e. The Labute approximate surface area is 116 Å². The maximum absolute atomic E-state index is 11.5. The highest BCUT2D eigenvalue weighted by atomic mass is 32.1. The minimum Gasteiger partial charge on any atom is -0.359 e. The summed E-state index contributed by atoms with van der Waals surface area (Å²) in [5.74, 6) is 4.78. The summed E-state index contributed by atoms with van der Waals surface area (Å²) in [6, 6.07) is 1.90. The molecule has 7 heteroatoms. The van der Waals surface area contributed by atoms with Gasteiger partial charge in [0.1, 0.15) is 0 Å². The fourth-order valence-electron chi connectivity index (χ4n) is 1.88. The molecule has 0 aliphatic heterocycles. The van der Waals surface area contributed by atoms with Crippen LogP contribution in [0.5, 0.6) is 0 Å². The normalized spacial score (nSPS) is 12.3. The van der Waals surface area contributed by atoms with E-state index in [-0.39, 0.29) is 17.7 Å². The number of carbonyl (C=O) groups is 2. The van der Waals surface area contributed by atoms with Crippen LogP contribution in [0.15, 0.2) is 11.4 Å². The van der Waals surface area contributed by atoms with Crippen LogP contribution >= 0.6 is 11.3 Å². The van der Waals surface area contributed by atoms with Crippen LogP contribution in [0.4, 0.5) is 0 Å². The molecule has 1 aromatic rings. The number of hydrogen-bond acceptors (Lipinski definition) is 5. The van der Waals surface area contributed by atoms with E-state index in [4.69, 9.17) is 5.84 Å². The molecule has 0 saturated heterocycles. The number of nitrogens with zero attached hydrogens (tertiary/aromatic N) is 1. The zero-order valence-corrected chi connectivity index (χ0v) is 12.2. The standard InChI is InChI=1S/C12H20N4O2S/c1-8(11(17)14-2)6-16(3)7-9-4-5-19-10(9)12(18)15-13/h4-5,8H,6-7,13H2,1-3H3,(H,14,17)(H,15,18). The Hall–Kier alpha value is -1.44. The van der Waals surface area contributed by atoms with Crippen molar-refractivity contribution in [2.75, 3.05) is 20.6 Å². The summed E-state index contributed by atoms with van der Waals surface area (Å²) in [6.07, 6.45) is 0. The second-order valence-electron chi connectivity index (χ2n) is 4.46. The van der Waals surface area contributed by atoms with Gasteiger partial charge in [-0.3, -0.25) is 15.0 Å². The highest BCUT2D eigenvalue weighted by Crippen LogP contribution is 2.18. The predicted octanol–water partition coefficient (Wildman–Crippen LogP) is 0.166. The van der Waals surface area contributed by atoms with Gasteiger partial charge in [0.05, 0.1) is 4.88 Å². The second kappa shape index (κ2) is 7.22. The summed E-state index contributed by atoms with van der Waals surface area (Å²) < 4.78 is 0. The topological polar surface area (TPSA) is 87.5 Å². The van der Waals surface area contributed by atoms with Crippen molar-refractivity contribution >= 4 is 23.2 Å². The smallest absolute Gasteiger partial charge is 0.275 e. The largest absolute Gasteiger partial charge is 0.359 e. The molecule has 1 rings (SSSR count). The van der Waals surface area contributed by atoms with E-state index in [1.54, 1.807) is 7.05 Å². The van der Waals surface area contributed by atoms with Gasteiger partial charge in [-0.25, -0.2) is 5.84 Å². The number of nitrogen functional groups attached to an aromatic ring is 1. The minimum atomic E-state index is -0.280. The lowest BCUT2D eigenvalue weighted by molar-refractivity contribution is -0.124. The van der Waals surface area contributed by atoms with Gasteiger partial charge in [0, 0.05) is 26.1 Å². The van der Waals surface area contributed by atoms with E-state index in [1.807, 2.05) is 30.3 Å². The first-order valence-corrected chi connectivity index (χ1v) is 6.85. The molecule has 0 bridgehead atoms. The van der Waals surface area contributed by atoms with Gasteiger partial charge in [-0.2, -0.15) is 0 Å². The van der Waals surface area contributed by atoms with E-state index in [0.29, 0.717) is 18.0 Å². The van der Waals surface area contributed by atoms with Gasteiger partial charge in [0.15, 0.2) is 0 Å². The summed E-state index contributed by atoms with van der Waals surface area (Å²) in [4.78, 5) is 25.6. The van der Waals surface area contributed by atoms with E-state index < -0.39 is 0 Å². The van der Waals surface area contributed by atoms with Gasteiger partial charge >= 0.3 is 0 Å². The lowest BCUT2D eigenvalue weighted by Gasteiger charge is -2.20. The van der Waals surface area contributed by atoms with Crippen LogP contribution in [0.1, 0.15) is 22.2 Å². The lowest BCUT2D eigenvalue weighted by atomic mass is 10.1. The van der Waals surface area contributed by atoms with Crippen LogP contribution in [0, 0.1) is 5.92 Å². The van der Waals surface area contributed by atoms with Crippen molar-refractivity contribution in [3.63, 3.8) is 0 Å². The van der Waals surface area contributed by atoms with Crippen molar-refractivity contribution in [2.45, 2.75) is 13.5 Å². The summed E-state index contributed by atoms with van der Waals surface area (Å²) >= 11 is 1.36. The van der Waals surface area contributed by atoms with E-state index >= 15 is 0 Å². The molecule has 2 amide bonds. The molecular formula is C12H20N4O2S. The molecular weight excluding hydrogens is 264 g/mol. The van der Waals surface area contributed by atoms with E-state index in [2.05, 4.69) is 10.7 Å². The quantitative estimate of drug-likeness (QED) is 0.395. The average molecular weight is 284 g/mol. The van der Waals surface area contributed by atoms with Crippen molar-refractivity contribution in [3.05, 3.63) is 21.9 Å². The highest BCUT2D eigenvalue weighted by Gasteiger charge is 2.17. The Morgan fingerprint density at radius 3 is 2.79 bits per heavy atom. The number of rotatable bonds is 6. The highest BCUT2D eigenvalue weighted by molar-refractivity contribution is 7.12. The predicted molar refractivity (Wildman–Crippen MR) is 75.5 cm³/mol. The number of amides is 2. The summed E-state index contributed by atoms with van der Waals surface area (Å²) in [5, 5.41) is 4.48. The van der Waals surface area contributed by atoms with Crippen LogP contribution in [0.25, 0.3) is 0 Å². The minimum absolute atomic E-state index is 0.0112. The van der Waals surface area contributed by atoms with Crippen molar-refractivity contribution in [1.29, 1.82) is 0 Å². The van der Waals surface area contributed by atoms with Crippen molar-refractivity contribution in [1.82, 2.24) is 15.6 Å². The molecule has 0 aliphatic rings. The third kappa shape index (κ3) is 4.30. The first kappa shape index (κ1) is 15.6. The average Bonchev–Trinajstić information content (AvgIpc) is 2.84. The van der Waals surface area contributed by atoms with E-state index in [0.717, 1.165) is 5.56 Å². The number of thiophene rings is 1. The number of hydrazine groups is 1. The zero-order chi connectivity index (χ0) is 14.4. The molecule has 0 spiro atoms. The van der Waals surface area contributed by atoms with Gasteiger partial charge < -0.3 is 10.2 Å². The van der Waals surface area contributed by atoms with Crippen molar-refractivity contribution < 1.29 is 9.59 Å². The van der Waals surface area contributed by atoms with Gasteiger partial charge in [0.25, 0.3) is 5.91 Å². The molecule has 0 aromatic carbocycles. The fraction of sp³-hybridized carbons (Fsp3) is 0.500. The monoisotopic (exact) mass is 284 g/mol. The molecule has 1 unspecified atom stereocenters. The number of hydrogen-bond donors (Lipinski definition) is 3. The van der Waals surface area contributed by atoms with E-state index in [9.17, 15) is 9.59 Å². The molecule has 1 atom stereocenters. The molecule has 106 valence electrons. The van der Waals surface area contributed by atoms with Gasteiger partial charge in [-0.1, -0.05) is 6.92 Å². The van der Waals surface area contributed by atoms with Gasteiger partial charge in [-0.05, 0) is 24.1 Å². The Bertz CT molecular complexity index is 447. The molecule has 1 heterocycles. The molecule has 0 aliphatic carbocycles. The van der Waals surface area contributed by atoms with Crippen LogP contribution in [-0.4, -0.2) is 37.4 Å². The summed E-state index contributed by atoms with van der Waals surface area (Å²) in [7, 11) is 3.54. The molecule has 6 nitrogen and oxygen atoms in total. The molecule has 0 radical (unpaired) electrons. The van der Waals surface area contributed by atoms with Gasteiger partial charge in [0.2, 0.25) is 5.91 Å². The van der Waals surface area contributed by atoms with Gasteiger partial charge in [-0.15, -0.1) is 11.3 Å². The third-order valence-electron chi connectivity index (χ3n) is 2.80.